The molecule has 4 saturated carbocycles. The van der Waals surface area contributed by atoms with Gasteiger partial charge in [-0.1, -0.05) is 31.2 Å². The van der Waals surface area contributed by atoms with Gasteiger partial charge >= 0.3 is 6.03 Å². The first kappa shape index (κ1) is 20.8. The molecule has 0 aromatic heterocycles. The molecule has 5 nitrogen and oxygen atoms in total. The number of nitrogens with zero attached hydrogens (tertiary/aromatic N) is 2. The predicted molar refractivity (Wildman–Crippen MR) is 122 cm³/mol. The van der Waals surface area contributed by atoms with E-state index in [1.54, 1.807) is 0 Å². The molecule has 1 aromatic carbocycles. The van der Waals surface area contributed by atoms with Crippen LogP contribution in [-0.2, 0) is 11.2 Å². The van der Waals surface area contributed by atoms with Gasteiger partial charge in [0.15, 0.2) is 0 Å². The summed E-state index contributed by atoms with van der Waals surface area (Å²) in [5.74, 6) is 2.76. The van der Waals surface area contributed by atoms with Gasteiger partial charge in [-0.25, -0.2) is 4.79 Å². The molecule has 1 heterocycles. The molecular formula is C26H37N3O2. The van der Waals surface area contributed by atoms with Crippen LogP contribution in [0, 0.1) is 23.2 Å². The number of carbonyl (C=O) groups is 2. The van der Waals surface area contributed by atoms with Crippen LogP contribution in [-0.4, -0.2) is 47.9 Å². The van der Waals surface area contributed by atoms with Crippen molar-refractivity contribution >= 4 is 11.9 Å². The minimum absolute atomic E-state index is 0.0195. The molecule has 1 N–H and O–H groups in total. The lowest BCUT2D eigenvalue weighted by atomic mass is 9.49. The molecular weight excluding hydrogens is 386 g/mol. The molecule has 0 spiro atoms. The maximum absolute atomic E-state index is 13.6. The average Bonchev–Trinajstić information content (AvgIpc) is 2.78. The van der Waals surface area contributed by atoms with E-state index < -0.39 is 0 Å². The van der Waals surface area contributed by atoms with Crippen molar-refractivity contribution in [3.8, 4) is 0 Å². The number of amides is 3. The summed E-state index contributed by atoms with van der Waals surface area (Å²) in [6.07, 6.45) is 8.46. The highest BCUT2D eigenvalue weighted by atomic mass is 16.2. The Balaban J connectivity index is 1.15. The monoisotopic (exact) mass is 423 g/mol. The van der Waals surface area contributed by atoms with E-state index in [4.69, 9.17) is 0 Å². The third kappa shape index (κ3) is 3.96. The van der Waals surface area contributed by atoms with E-state index in [-0.39, 0.29) is 17.5 Å². The van der Waals surface area contributed by atoms with Gasteiger partial charge in [0.1, 0.15) is 0 Å². The van der Waals surface area contributed by atoms with Crippen LogP contribution in [0.2, 0.25) is 0 Å². The number of benzene rings is 1. The third-order valence-corrected chi connectivity index (χ3v) is 8.57. The molecule has 168 valence electrons. The van der Waals surface area contributed by atoms with Crippen molar-refractivity contribution in [2.24, 2.45) is 23.2 Å². The highest BCUT2D eigenvalue weighted by Crippen LogP contribution is 2.60. The molecule has 0 radical (unpaired) electrons. The van der Waals surface area contributed by atoms with E-state index in [9.17, 15) is 9.59 Å². The first-order chi connectivity index (χ1) is 15.0. The fourth-order valence-electron chi connectivity index (χ4n) is 7.22. The first-order valence-electron chi connectivity index (χ1n) is 12.4. The van der Waals surface area contributed by atoms with E-state index in [0.717, 1.165) is 49.0 Å². The Morgan fingerprint density at radius 2 is 1.45 bits per heavy atom. The minimum atomic E-state index is -0.0711. The Bertz CT molecular complexity index is 790. The van der Waals surface area contributed by atoms with Gasteiger partial charge in [0.05, 0.1) is 11.5 Å². The largest absolute Gasteiger partial charge is 0.339 e. The molecule has 4 aliphatic carbocycles. The summed E-state index contributed by atoms with van der Waals surface area (Å²) in [6.45, 7) is 6.79. The number of hydrogen-bond acceptors (Lipinski definition) is 2. The normalized spacial score (nSPS) is 32.8. The third-order valence-electron chi connectivity index (χ3n) is 8.57. The lowest BCUT2D eigenvalue weighted by molar-refractivity contribution is -0.159. The summed E-state index contributed by atoms with van der Waals surface area (Å²) in [5, 5.41) is 3.14. The summed E-state index contributed by atoms with van der Waals surface area (Å²) in [6, 6.07) is 8.43. The van der Waals surface area contributed by atoms with E-state index >= 15 is 0 Å². The van der Waals surface area contributed by atoms with Crippen LogP contribution in [0.4, 0.5) is 4.79 Å². The summed E-state index contributed by atoms with van der Waals surface area (Å²) < 4.78 is 0. The van der Waals surface area contributed by atoms with Crippen molar-refractivity contribution in [1.29, 1.82) is 0 Å². The van der Waals surface area contributed by atoms with Gasteiger partial charge in [0, 0.05) is 26.2 Å². The molecule has 1 aromatic rings. The van der Waals surface area contributed by atoms with Crippen molar-refractivity contribution in [2.45, 2.75) is 64.8 Å². The van der Waals surface area contributed by atoms with E-state index in [0.29, 0.717) is 32.1 Å². The summed E-state index contributed by atoms with van der Waals surface area (Å²) >= 11 is 0. The smallest absolute Gasteiger partial charge is 0.317 e. The second-order valence-electron chi connectivity index (χ2n) is 10.7. The zero-order valence-electron chi connectivity index (χ0n) is 19.1. The number of nitrogens with one attached hydrogen (secondary N) is 1. The Morgan fingerprint density at radius 1 is 0.935 bits per heavy atom. The van der Waals surface area contributed by atoms with Crippen molar-refractivity contribution in [1.82, 2.24) is 15.1 Å². The number of carbonyl (C=O) groups excluding carboxylic acids is 2. The molecule has 31 heavy (non-hydrogen) atoms. The lowest BCUT2D eigenvalue weighted by Gasteiger charge is -2.57. The average molecular weight is 424 g/mol. The van der Waals surface area contributed by atoms with Gasteiger partial charge in [0.2, 0.25) is 5.91 Å². The second kappa shape index (κ2) is 8.14. The molecule has 1 atom stereocenters. The van der Waals surface area contributed by atoms with Crippen LogP contribution < -0.4 is 5.32 Å². The molecule has 5 fully saturated rings. The van der Waals surface area contributed by atoms with E-state index in [1.165, 1.54) is 24.8 Å². The second-order valence-corrected chi connectivity index (χ2v) is 10.7. The van der Waals surface area contributed by atoms with Crippen molar-refractivity contribution in [3.63, 3.8) is 0 Å². The molecule has 5 heteroatoms. The number of aryl methyl sites for hydroxylation is 1. The van der Waals surface area contributed by atoms with Crippen molar-refractivity contribution < 1.29 is 9.59 Å². The summed E-state index contributed by atoms with van der Waals surface area (Å²) in [7, 11) is 0. The lowest BCUT2D eigenvalue weighted by Crippen LogP contribution is -2.59. The fraction of sp³-hybridized carbons (Fsp3) is 0.692. The highest BCUT2D eigenvalue weighted by molar-refractivity contribution is 5.84. The molecule has 4 bridgehead atoms. The Hall–Kier alpha value is -2.04. The summed E-state index contributed by atoms with van der Waals surface area (Å²) in [5.41, 5.74) is 2.36. The van der Waals surface area contributed by atoms with Crippen molar-refractivity contribution in [3.05, 3.63) is 35.4 Å². The first-order valence-corrected chi connectivity index (χ1v) is 12.4. The molecule has 1 saturated heterocycles. The van der Waals surface area contributed by atoms with Gasteiger partial charge in [-0.15, -0.1) is 0 Å². The van der Waals surface area contributed by atoms with Gasteiger partial charge in [-0.05, 0) is 80.8 Å². The zero-order chi connectivity index (χ0) is 21.6. The highest BCUT2D eigenvalue weighted by Gasteiger charge is 2.55. The van der Waals surface area contributed by atoms with Gasteiger partial charge in [-0.2, -0.15) is 0 Å². The van der Waals surface area contributed by atoms with Gasteiger partial charge in [-0.3, -0.25) is 4.79 Å². The number of hydrogen-bond donors (Lipinski definition) is 1. The molecule has 1 aliphatic heterocycles. The standard InChI is InChI=1S/C26H37N3O2/c1-3-19-4-6-23(7-5-19)18(2)27-25(31)29-10-8-28(9-11-29)24(30)26-15-20-12-21(16-26)14-22(13-20)17-26/h4-7,18,20-22H,3,8-17H2,1-2H3,(H,27,31). The van der Waals surface area contributed by atoms with Crippen LogP contribution >= 0.6 is 0 Å². The maximum atomic E-state index is 13.6. The SMILES string of the molecule is CCc1ccc(C(C)NC(=O)N2CCN(C(=O)C34CC5CC(CC(C5)C3)C4)CC2)cc1. The Kier molecular flexibility index (Phi) is 5.47. The Morgan fingerprint density at radius 3 is 1.97 bits per heavy atom. The summed E-state index contributed by atoms with van der Waals surface area (Å²) in [4.78, 5) is 30.3. The zero-order valence-corrected chi connectivity index (χ0v) is 19.1. The van der Waals surface area contributed by atoms with Crippen LogP contribution in [0.25, 0.3) is 0 Å². The number of rotatable bonds is 4. The Labute approximate surface area is 186 Å². The fourth-order valence-corrected chi connectivity index (χ4v) is 7.22. The minimum Gasteiger partial charge on any atom is -0.339 e. The van der Waals surface area contributed by atoms with E-state index in [1.807, 2.05) is 11.8 Å². The number of urea groups is 1. The van der Waals surface area contributed by atoms with Gasteiger partial charge in [0.25, 0.3) is 0 Å². The van der Waals surface area contributed by atoms with Gasteiger partial charge < -0.3 is 15.1 Å². The van der Waals surface area contributed by atoms with Crippen molar-refractivity contribution in [2.75, 3.05) is 26.2 Å². The molecule has 1 unspecified atom stereocenters. The van der Waals surface area contributed by atoms with Crippen LogP contribution in [0.5, 0.6) is 0 Å². The molecule has 3 amide bonds. The topological polar surface area (TPSA) is 52.7 Å². The number of piperazine rings is 1. The quantitative estimate of drug-likeness (QED) is 0.781. The van der Waals surface area contributed by atoms with Crippen LogP contribution in [0.3, 0.4) is 0 Å². The van der Waals surface area contributed by atoms with E-state index in [2.05, 4.69) is 41.4 Å². The maximum Gasteiger partial charge on any atom is 0.317 e. The molecule has 5 aliphatic rings. The van der Waals surface area contributed by atoms with Crippen LogP contribution in [0.1, 0.15) is 69.5 Å². The van der Waals surface area contributed by atoms with Crippen LogP contribution in [0.15, 0.2) is 24.3 Å². The predicted octanol–water partition coefficient (Wildman–Crippen LogP) is 4.38. The molecule has 6 rings (SSSR count).